The predicted molar refractivity (Wildman–Crippen MR) is 75.5 cm³/mol. The van der Waals surface area contributed by atoms with E-state index in [0.29, 0.717) is 6.42 Å². The number of ether oxygens (including phenoxy) is 1. The molecule has 0 heterocycles. The number of hydrogen-bond donors (Lipinski definition) is 2. The van der Waals surface area contributed by atoms with Crippen LogP contribution >= 0.6 is 0 Å². The molecule has 0 spiro atoms. The van der Waals surface area contributed by atoms with Crippen LogP contribution in [0.5, 0.6) is 0 Å². The third kappa shape index (κ3) is 7.56. The summed E-state index contributed by atoms with van der Waals surface area (Å²) in [7, 11) is 0. The minimum absolute atomic E-state index is 0.0805. The summed E-state index contributed by atoms with van der Waals surface area (Å²) < 4.78 is 4.71. The first-order valence-corrected chi connectivity index (χ1v) is 6.53. The molecular formula is C14H23N2O4. The second-order valence-electron chi connectivity index (χ2n) is 4.78. The molecule has 0 aliphatic heterocycles. The minimum Gasteiger partial charge on any atom is -0.465 e. The SMILES string of the molecule is [CH2]C(=C)C(=O)N[C@H](CC(C)C)C(=O)NCC(=O)OCC. The van der Waals surface area contributed by atoms with Crippen LogP contribution in [-0.4, -0.2) is 37.0 Å². The van der Waals surface area contributed by atoms with E-state index in [0.717, 1.165) is 0 Å². The highest BCUT2D eigenvalue weighted by Gasteiger charge is 2.22. The minimum atomic E-state index is -0.726. The fourth-order valence-corrected chi connectivity index (χ4v) is 1.46. The number of esters is 1. The van der Waals surface area contributed by atoms with Crippen LogP contribution in [0.1, 0.15) is 27.2 Å². The van der Waals surface area contributed by atoms with Crippen LogP contribution in [0.2, 0.25) is 0 Å². The van der Waals surface area contributed by atoms with Gasteiger partial charge in [0, 0.05) is 5.57 Å². The van der Waals surface area contributed by atoms with Crippen LogP contribution < -0.4 is 10.6 Å². The first kappa shape index (κ1) is 18.1. The largest absolute Gasteiger partial charge is 0.465 e. The summed E-state index contributed by atoms with van der Waals surface area (Å²) in [6.07, 6.45) is 0.452. The molecule has 0 aromatic rings. The quantitative estimate of drug-likeness (QED) is 0.504. The number of carbonyl (C=O) groups is 3. The van der Waals surface area contributed by atoms with Crippen molar-refractivity contribution < 1.29 is 19.1 Å². The fraction of sp³-hybridized carbons (Fsp3) is 0.571. The van der Waals surface area contributed by atoms with E-state index in [4.69, 9.17) is 4.74 Å². The van der Waals surface area contributed by atoms with Gasteiger partial charge in [-0.05, 0) is 26.2 Å². The Kier molecular flexibility index (Phi) is 8.27. The van der Waals surface area contributed by atoms with Gasteiger partial charge >= 0.3 is 5.97 Å². The molecule has 0 unspecified atom stereocenters. The molecule has 20 heavy (non-hydrogen) atoms. The van der Waals surface area contributed by atoms with Crippen LogP contribution in [-0.2, 0) is 19.1 Å². The van der Waals surface area contributed by atoms with Gasteiger partial charge in [0.05, 0.1) is 6.61 Å². The molecule has 0 fully saturated rings. The average molecular weight is 283 g/mol. The number of amides is 2. The predicted octanol–water partition coefficient (Wildman–Crippen LogP) is 0.587. The van der Waals surface area contributed by atoms with E-state index < -0.39 is 23.8 Å². The summed E-state index contributed by atoms with van der Waals surface area (Å²) >= 11 is 0. The molecule has 0 bridgehead atoms. The lowest BCUT2D eigenvalue weighted by molar-refractivity contribution is -0.143. The third-order valence-electron chi connectivity index (χ3n) is 2.36. The van der Waals surface area contributed by atoms with Crippen LogP contribution in [0.25, 0.3) is 0 Å². The van der Waals surface area contributed by atoms with Crippen molar-refractivity contribution >= 4 is 17.8 Å². The number of rotatable bonds is 8. The highest BCUT2D eigenvalue weighted by Crippen LogP contribution is 2.05. The van der Waals surface area contributed by atoms with Crippen LogP contribution in [0.3, 0.4) is 0 Å². The lowest BCUT2D eigenvalue weighted by Crippen LogP contribution is -2.48. The van der Waals surface area contributed by atoms with Crippen molar-refractivity contribution in [3.63, 3.8) is 0 Å². The van der Waals surface area contributed by atoms with E-state index >= 15 is 0 Å². The van der Waals surface area contributed by atoms with Crippen molar-refractivity contribution in [1.29, 1.82) is 0 Å². The summed E-state index contributed by atoms with van der Waals surface area (Å²) in [4.78, 5) is 34.7. The van der Waals surface area contributed by atoms with Crippen LogP contribution in [0, 0.1) is 12.8 Å². The molecule has 2 N–H and O–H groups in total. The molecule has 113 valence electrons. The van der Waals surface area contributed by atoms with Gasteiger partial charge < -0.3 is 15.4 Å². The fourth-order valence-electron chi connectivity index (χ4n) is 1.46. The summed E-state index contributed by atoms with van der Waals surface area (Å²) in [5, 5.41) is 4.98. The Balaban J connectivity index is 4.52. The molecule has 0 aromatic carbocycles. The molecule has 0 saturated heterocycles. The van der Waals surface area contributed by atoms with Crippen LogP contribution in [0.4, 0.5) is 0 Å². The summed E-state index contributed by atoms with van der Waals surface area (Å²) in [6.45, 7) is 12.4. The Hall–Kier alpha value is -1.85. The molecule has 0 saturated carbocycles. The van der Waals surface area contributed by atoms with E-state index in [1.54, 1.807) is 6.92 Å². The van der Waals surface area contributed by atoms with Gasteiger partial charge in [0.15, 0.2) is 0 Å². The topological polar surface area (TPSA) is 84.5 Å². The Labute approximate surface area is 119 Å². The van der Waals surface area contributed by atoms with E-state index in [2.05, 4.69) is 24.1 Å². The normalized spacial score (nSPS) is 11.7. The highest BCUT2D eigenvalue weighted by molar-refractivity contribution is 5.97. The van der Waals surface area contributed by atoms with Crippen molar-refractivity contribution in [2.75, 3.05) is 13.2 Å². The summed E-state index contributed by atoms with van der Waals surface area (Å²) in [5.74, 6) is -1.23. The van der Waals surface area contributed by atoms with Gasteiger partial charge in [-0.25, -0.2) is 0 Å². The molecular weight excluding hydrogens is 260 g/mol. The van der Waals surface area contributed by atoms with Crippen molar-refractivity contribution in [2.45, 2.75) is 33.2 Å². The Morgan fingerprint density at radius 3 is 2.30 bits per heavy atom. The molecule has 1 radical (unpaired) electrons. The van der Waals surface area contributed by atoms with Gasteiger partial charge in [-0.2, -0.15) is 0 Å². The first-order valence-electron chi connectivity index (χ1n) is 6.53. The van der Waals surface area contributed by atoms with E-state index in [1.807, 2.05) is 13.8 Å². The van der Waals surface area contributed by atoms with Gasteiger partial charge in [-0.3, -0.25) is 14.4 Å². The molecule has 6 nitrogen and oxygen atoms in total. The Bertz CT molecular complexity index is 377. The molecule has 1 atom stereocenters. The van der Waals surface area contributed by atoms with E-state index in [-0.39, 0.29) is 24.6 Å². The maximum absolute atomic E-state index is 12.0. The van der Waals surface area contributed by atoms with Crippen LogP contribution in [0.15, 0.2) is 12.2 Å². The van der Waals surface area contributed by atoms with E-state index in [9.17, 15) is 14.4 Å². The molecule has 0 aliphatic rings. The zero-order chi connectivity index (χ0) is 15.7. The van der Waals surface area contributed by atoms with Gasteiger partial charge in [0.2, 0.25) is 11.8 Å². The van der Waals surface area contributed by atoms with Crippen molar-refractivity contribution in [1.82, 2.24) is 10.6 Å². The maximum atomic E-state index is 12.0. The number of carbonyl (C=O) groups excluding carboxylic acids is 3. The molecule has 0 rings (SSSR count). The lowest BCUT2D eigenvalue weighted by atomic mass is 10.0. The summed E-state index contributed by atoms with van der Waals surface area (Å²) in [6, 6.07) is -0.726. The molecule has 0 aliphatic carbocycles. The lowest BCUT2D eigenvalue weighted by Gasteiger charge is -2.20. The third-order valence-corrected chi connectivity index (χ3v) is 2.36. The van der Waals surface area contributed by atoms with Gasteiger partial charge in [-0.1, -0.05) is 20.4 Å². The zero-order valence-corrected chi connectivity index (χ0v) is 12.3. The average Bonchev–Trinajstić information content (AvgIpc) is 2.34. The molecule has 0 aromatic heterocycles. The van der Waals surface area contributed by atoms with Crippen molar-refractivity contribution in [2.24, 2.45) is 5.92 Å². The highest BCUT2D eigenvalue weighted by atomic mass is 16.5. The molecule has 6 heteroatoms. The Morgan fingerprint density at radius 1 is 1.25 bits per heavy atom. The van der Waals surface area contributed by atoms with E-state index in [1.165, 1.54) is 0 Å². The monoisotopic (exact) mass is 283 g/mol. The number of nitrogens with one attached hydrogen (secondary N) is 2. The second kappa shape index (κ2) is 9.12. The van der Waals surface area contributed by atoms with Gasteiger partial charge in [0.1, 0.15) is 12.6 Å². The number of hydrogen-bond acceptors (Lipinski definition) is 4. The first-order chi connectivity index (χ1) is 9.27. The smallest absolute Gasteiger partial charge is 0.325 e. The van der Waals surface area contributed by atoms with Gasteiger partial charge in [-0.15, -0.1) is 0 Å². The second-order valence-corrected chi connectivity index (χ2v) is 4.78. The standard InChI is InChI=1S/C14H23N2O4/c1-6-20-12(17)8-15-14(19)11(7-9(2)3)16-13(18)10(4)5/h9,11H,4-8H2,1-3H3,(H,15,19)(H,16,18)/t11-/m1/s1. The van der Waals surface area contributed by atoms with Crippen molar-refractivity contribution in [3.8, 4) is 0 Å². The molecule has 2 amide bonds. The zero-order valence-electron chi connectivity index (χ0n) is 12.3. The maximum Gasteiger partial charge on any atom is 0.325 e. The van der Waals surface area contributed by atoms with Gasteiger partial charge in [0.25, 0.3) is 0 Å². The van der Waals surface area contributed by atoms with Crippen molar-refractivity contribution in [3.05, 3.63) is 19.1 Å². The Morgan fingerprint density at radius 2 is 1.85 bits per heavy atom. The summed E-state index contributed by atoms with van der Waals surface area (Å²) in [5.41, 5.74) is 0.0805.